The van der Waals surface area contributed by atoms with E-state index < -0.39 is 11.6 Å². The summed E-state index contributed by atoms with van der Waals surface area (Å²) in [6.45, 7) is 9.31. The number of nitrogen functional groups attached to an aromatic ring is 1. The summed E-state index contributed by atoms with van der Waals surface area (Å²) in [7, 11) is 0. The van der Waals surface area contributed by atoms with Gasteiger partial charge in [-0.15, -0.1) is 0 Å². The van der Waals surface area contributed by atoms with Gasteiger partial charge in [-0.2, -0.15) is 5.10 Å². The number of aromatic nitrogens is 2. The van der Waals surface area contributed by atoms with Gasteiger partial charge >= 0.3 is 5.97 Å². The van der Waals surface area contributed by atoms with Gasteiger partial charge in [0.1, 0.15) is 5.60 Å². The fraction of sp³-hybridized carbons (Fsp3) is 0.636. The van der Waals surface area contributed by atoms with Crippen molar-refractivity contribution in [3.63, 3.8) is 0 Å². The molecule has 2 N–H and O–H groups in total. The monoisotopic (exact) mass is 225 g/mol. The Bertz CT molecular complexity index is 388. The molecular formula is C11H19N3O2. The molecule has 0 aromatic carbocycles. The zero-order chi connectivity index (χ0) is 12.5. The molecule has 1 aromatic rings. The number of nitrogens with two attached hydrogens (primary N) is 1. The van der Waals surface area contributed by atoms with E-state index in [9.17, 15) is 4.79 Å². The average molecular weight is 225 g/mol. The number of nitrogens with zero attached hydrogens (tertiary/aromatic N) is 2. The molecule has 5 nitrogen and oxygen atoms in total. The molecule has 0 fully saturated rings. The van der Waals surface area contributed by atoms with E-state index in [2.05, 4.69) is 5.10 Å². The molecule has 1 aromatic heterocycles. The first-order chi connectivity index (χ1) is 7.22. The van der Waals surface area contributed by atoms with Gasteiger partial charge in [-0.3, -0.25) is 4.68 Å². The number of carbonyl (C=O) groups excluding carboxylic acids is 1. The lowest BCUT2D eigenvalue weighted by molar-refractivity contribution is 0.00556. The lowest BCUT2D eigenvalue weighted by atomic mass is 10.2. The number of anilines is 1. The molecule has 1 rings (SSSR count). The van der Waals surface area contributed by atoms with Crippen LogP contribution in [-0.2, 0) is 4.74 Å². The molecule has 0 bridgehead atoms. The summed E-state index contributed by atoms with van der Waals surface area (Å²) in [6.07, 6.45) is 1.47. The highest BCUT2D eigenvalue weighted by Gasteiger charge is 2.24. The van der Waals surface area contributed by atoms with Crippen LogP contribution in [-0.4, -0.2) is 21.4 Å². The van der Waals surface area contributed by atoms with Gasteiger partial charge in [0.2, 0.25) is 0 Å². The fourth-order valence-corrected chi connectivity index (χ4v) is 1.30. The van der Waals surface area contributed by atoms with Crippen LogP contribution in [0.3, 0.4) is 0 Å². The fourth-order valence-electron chi connectivity index (χ4n) is 1.30. The minimum Gasteiger partial charge on any atom is -0.455 e. The number of esters is 1. The summed E-state index contributed by atoms with van der Waals surface area (Å²) in [5.41, 5.74) is 5.86. The highest BCUT2D eigenvalue weighted by molar-refractivity contribution is 5.93. The van der Waals surface area contributed by atoms with Crippen LogP contribution >= 0.6 is 0 Å². The standard InChI is InChI=1S/C11H19N3O2/c1-7(2)14-9(8(12)6-13-14)10(15)16-11(3,4)5/h6-7H,12H2,1-5H3. The third-order valence-electron chi connectivity index (χ3n) is 1.91. The van der Waals surface area contributed by atoms with Crippen LogP contribution in [0.2, 0.25) is 0 Å². The highest BCUT2D eigenvalue weighted by atomic mass is 16.6. The Morgan fingerprint density at radius 2 is 2.06 bits per heavy atom. The van der Waals surface area contributed by atoms with Crippen LogP contribution in [0.5, 0.6) is 0 Å². The number of rotatable bonds is 2. The maximum Gasteiger partial charge on any atom is 0.359 e. The predicted octanol–water partition coefficient (Wildman–Crippen LogP) is 2.00. The van der Waals surface area contributed by atoms with Crippen LogP contribution in [0.15, 0.2) is 6.20 Å². The van der Waals surface area contributed by atoms with Gasteiger partial charge in [0.25, 0.3) is 0 Å². The van der Waals surface area contributed by atoms with Crippen LogP contribution in [0, 0.1) is 0 Å². The Kier molecular flexibility index (Phi) is 3.26. The van der Waals surface area contributed by atoms with E-state index in [-0.39, 0.29) is 6.04 Å². The van der Waals surface area contributed by atoms with Crippen molar-refractivity contribution in [1.82, 2.24) is 9.78 Å². The molecule has 0 saturated heterocycles. The quantitative estimate of drug-likeness (QED) is 0.781. The maximum absolute atomic E-state index is 11.9. The molecule has 0 spiro atoms. The van der Waals surface area contributed by atoms with E-state index in [0.29, 0.717) is 11.4 Å². The molecule has 0 aliphatic heterocycles. The SMILES string of the molecule is CC(C)n1ncc(N)c1C(=O)OC(C)(C)C. The topological polar surface area (TPSA) is 70.1 Å². The van der Waals surface area contributed by atoms with Crippen molar-refractivity contribution >= 4 is 11.7 Å². The molecule has 0 unspecified atom stereocenters. The van der Waals surface area contributed by atoms with E-state index in [1.54, 1.807) is 4.68 Å². The lowest BCUT2D eigenvalue weighted by Crippen LogP contribution is -2.26. The summed E-state index contributed by atoms with van der Waals surface area (Å²) in [5.74, 6) is -0.434. The van der Waals surface area contributed by atoms with E-state index >= 15 is 0 Å². The summed E-state index contributed by atoms with van der Waals surface area (Å²) in [5, 5.41) is 4.06. The van der Waals surface area contributed by atoms with Crippen LogP contribution < -0.4 is 5.73 Å². The summed E-state index contributed by atoms with van der Waals surface area (Å²) < 4.78 is 6.85. The number of ether oxygens (including phenoxy) is 1. The number of carbonyl (C=O) groups is 1. The molecule has 5 heteroatoms. The minimum atomic E-state index is -0.532. The molecule has 0 aliphatic rings. The number of hydrogen-bond donors (Lipinski definition) is 1. The van der Waals surface area contributed by atoms with Crippen LogP contribution in [0.4, 0.5) is 5.69 Å². The van der Waals surface area contributed by atoms with Gasteiger partial charge in [-0.05, 0) is 34.6 Å². The van der Waals surface area contributed by atoms with Gasteiger partial charge in [0.15, 0.2) is 5.69 Å². The molecule has 0 amide bonds. The Morgan fingerprint density at radius 1 is 1.50 bits per heavy atom. The molecule has 0 aliphatic carbocycles. The van der Waals surface area contributed by atoms with Crippen molar-refractivity contribution in [1.29, 1.82) is 0 Å². The zero-order valence-electron chi connectivity index (χ0n) is 10.4. The first kappa shape index (κ1) is 12.5. The molecule has 0 atom stereocenters. The molecule has 16 heavy (non-hydrogen) atoms. The van der Waals surface area contributed by atoms with Gasteiger partial charge in [-0.25, -0.2) is 4.79 Å². The largest absolute Gasteiger partial charge is 0.455 e. The third kappa shape index (κ3) is 2.74. The van der Waals surface area contributed by atoms with E-state index in [1.165, 1.54) is 6.20 Å². The normalized spacial score (nSPS) is 11.9. The molecule has 90 valence electrons. The van der Waals surface area contributed by atoms with Crippen molar-refractivity contribution < 1.29 is 9.53 Å². The Balaban J connectivity index is 3.03. The van der Waals surface area contributed by atoms with E-state index in [4.69, 9.17) is 10.5 Å². The second kappa shape index (κ2) is 4.15. The van der Waals surface area contributed by atoms with Crippen LogP contribution in [0.1, 0.15) is 51.1 Å². The molecular weight excluding hydrogens is 206 g/mol. The Morgan fingerprint density at radius 3 is 2.50 bits per heavy atom. The third-order valence-corrected chi connectivity index (χ3v) is 1.91. The first-order valence-corrected chi connectivity index (χ1v) is 5.28. The smallest absolute Gasteiger partial charge is 0.359 e. The second-order valence-electron chi connectivity index (χ2n) is 4.99. The van der Waals surface area contributed by atoms with Crippen molar-refractivity contribution in [2.45, 2.75) is 46.3 Å². The van der Waals surface area contributed by atoms with Gasteiger partial charge in [0.05, 0.1) is 11.9 Å². The predicted molar refractivity (Wildman–Crippen MR) is 62.2 cm³/mol. The highest BCUT2D eigenvalue weighted by Crippen LogP contribution is 2.19. The van der Waals surface area contributed by atoms with Crippen molar-refractivity contribution in [2.75, 3.05) is 5.73 Å². The summed E-state index contributed by atoms with van der Waals surface area (Å²) in [6, 6.07) is 0.0693. The maximum atomic E-state index is 11.9. The van der Waals surface area contributed by atoms with E-state index in [0.717, 1.165) is 0 Å². The molecule has 0 saturated carbocycles. The second-order valence-corrected chi connectivity index (χ2v) is 4.99. The minimum absolute atomic E-state index is 0.0693. The number of hydrogen-bond acceptors (Lipinski definition) is 4. The Labute approximate surface area is 95.6 Å². The Hall–Kier alpha value is -1.52. The first-order valence-electron chi connectivity index (χ1n) is 5.28. The lowest BCUT2D eigenvalue weighted by Gasteiger charge is -2.20. The van der Waals surface area contributed by atoms with Gasteiger partial charge < -0.3 is 10.5 Å². The van der Waals surface area contributed by atoms with Crippen molar-refractivity contribution in [3.8, 4) is 0 Å². The van der Waals surface area contributed by atoms with Crippen molar-refractivity contribution in [2.24, 2.45) is 0 Å². The van der Waals surface area contributed by atoms with Crippen LogP contribution in [0.25, 0.3) is 0 Å². The summed E-state index contributed by atoms with van der Waals surface area (Å²) >= 11 is 0. The zero-order valence-corrected chi connectivity index (χ0v) is 10.4. The van der Waals surface area contributed by atoms with Gasteiger partial charge in [0, 0.05) is 6.04 Å². The average Bonchev–Trinajstić information content (AvgIpc) is 2.43. The molecule has 0 radical (unpaired) electrons. The molecule has 1 heterocycles. The summed E-state index contributed by atoms with van der Waals surface area (Å²) in [4.78, 5) is 11.9. The van der Waals surface area contributed by atoms with Crippen molar-refractivity contribution in [3.05, 3.63) is 11.9 Å². The van der Waals surface area contributed by atoms with E-state index in [1.807, 2.05) is 34.6 Å². The van der Waals surface area contributed by atoms with Gasteiger partial charge in [-0.1, -0.05) is 0 Å².